The van der Waals surface area contributed by atoms with E-state index in [0.717, 1.165) is 17.0 Å². The van der Waals surface area contributed by atoms with Gasteiger partial charge in [0.05, 0.1) is 5.69 Å². The maximum absolute atomic E-state index is 5.66. The minimum Gasteiger partial charge on any atom is -0.368 e. The minimum absolute atomic E-state index is 0.0544. The van der Waals surface area contributed by atoms with Crippen LogP contribution in [0.3, 0.4) is 0 Å². The predicted octanol–water partition coefficient (Wildman–Crippen LogP) is 1.32. The molecule has 2 aromatic rings. The standard InChI is InChI=1S/C9H11ClN6O/c1-4-6(5(2)17-16-4)3-12-9-14-7(10)13-8(11)15-9/h3H2,1-2H3,(H3,11,12,13,14,15). The third-order valence-electron chi connectivity index (χ3n) is 2.23. The number of aryl methyl sites for hydroxylation is 2. The Morgan fingerprint density at radius 2 is 2.06 bits per heavy atom. The molecule has 0 aromatic carbocycles. The van der Waals surface area contributed by atoms with Crippen molar-refractivity contribution in [2.45, 2.75) is 20.4 Å². The molecule has 0 bridgehead atoms. The molecule has 90 valence electrons. The van der Waals surface area contributed by atoms with Crippen LogP contribution < -0.4 is 11.1 Å². The highest BCUT2D eigenvalue weighted by molar-refractivity contribution is 6.28. The molecule has 0 aliphatic heterocycles. The van der Waals surface area contributed by atoms with Gasteiger partial charge in [-0.15, -0.1) is 0 Å². The van der Waals surface area contributed by atoms with Crippen molar-refractivity contribution in [2.75, 3.05) is 11.1 Å². The second kappa shape index (κ2) is 4.54. The Labute approximate surface area is 102 Å². The lowest BCUT2D eigenvalue weighted by atomic mass is 10.2. The van der Waals surface area contributed by atoms with Crippen molar-refractivity contribution in [3.63, 3.8) is 0 Å². The summed E-state index contributed by atoms with van der Waals surface area (Å²) in [5.74, 6) is 1.15. The Hall–Kier alpha value is -1.89. The lowest BCUT2D eigenvalue weighted by Crippen LogP contribution is -2.07. The van der Waals surface area contributed by atoms with E-state index in [-0.39, 0.29) is 11.2 Å². The summed E-state index contributed by atoms with van der Waals surface area (Å²) in [4.78, 5) is 11.5. The van der Waals surface area contributed by atoms with Crippen LogP contribution >= 0.6 is 11.6 Å². The Kier molecular flexibility index (Phi) is 3.10. The molecule has 0 aliphatic rings. The number of nitrogen functional groups attached to an aromatic ring is 1. The molecular weight excluding hydrogens is 244 g/mol. The topological polar surface area (TPSA) is 103 Å². The fraction of sp³-hybridized carbons (Fsp3) is 0.333. The van der Waals surface area contributed by atoms with Crippen molar-refractivity contribution < 1.29 is 4.52 Å². The molecule has 0 amide bonds. The molecule has 3 N–H and O–H groups in total. The first kappa shape index (κ1) is 11.6. The van der Waals surface area contributed by atoms with Gasteiger partial charge >= 0.3 is 0 Å². The summed E-state index contributed by atoms with van der Waals surface area (Å²) in [5, 5.41) is 6.88. The van der Waals surface area contributed by atoms with Crippen LogP contribution in [-0.4, -0.2) is 20.1 Å². The van der Waals surface area contributed by atoms with Gasteiger partial charge in [-0.1, -0.05) is 5.16 Å². The minimum atomic E-state index is 0.0544. The zero-order chi connectivity index (χ0) is 12.4. The van der Waals surface area contributed by atoms with E-state index in [2.05, 4.69) is 25.4 Å². The highest BCUT2D eigenvalue weighted by Crippen LogP contribution is 2.14. The second-order valence-corrected chi connectivity index (χ2v) is 3.78. The van der Waals surface area contributed by atoms with Gasteiger partial charge < -0.3 is 15.6 Å². The van der Waals surface area contributed by atoms with Crippen molar-refractivity contribution in [1.29, 1.82) is 0 Å². The largest absolute Gasteiger partial charge is 0.368 e. The summed E-state index contributed by atoms with van der Waals surface area (Å²) >= 11 is 5.66. The van der Waals surface area contributed by atoms with Gasteiger partial charge in [-0.3, -0.25) is 0 Å². The Balaban J connectivity index is 2.12. The zero-order valence-electron chi connectivity index (χ0n) is 9.36. The number of halogens is 1. The smallest absolute Gasteiger partial charge is 0.229 e. The van der Waals surface area contributed by atoms with Crippen molar-refractivity contribution in [3.05, 3.63) is 22.3 Å². The van der Waals surface area contributed by atoms with Gasteiger partial charge in [-0.25, -0.2) is 0 Å². The average Bonchev–Trinajstić information content (AvgIpc) is 2.55. The van der Waals surface area contributed by atoms with E-state index in [1.807, 2.05) is 13.8 Å². The van der Waals surface area contributed by atoms with Crippen LogP contribution in [0.2, 0.25) is 5.28 Å². The van der Waals surface area contributed by atoms with Gasteiger partial charge in [0.1, 0.15) is 5.76 Å². The molecule has 0 atom stereocenters. The van der Waals surface area contributed by atoms with Crippen LogP contribution in [0.5, 0.6) is 0 Å². The molecule has 0 saturated carbocycles. The molecule has 0 fully saturated rings. The van der Waals surface area contributed by atoms with Crippen molar-refractivity contribution in [2.24, 2.45) is 0 Å². The van der Waals surface area contributed by atoms with Gasteiger partial charge in [0.15, 0.2) is 0 Å². The molecule has 0 unspecified atom stereocenters. The number of nitrogens with zero attached hydrogens (tertiary/aromatic N) is 4. The molecule has 8 heteroatoms. The lowest BCUT2D eigenvalue weighted by molar-refractivity contribution is 0.392. The van der Waals surface area contributed by atoms with Gasteiger partial charge in [-0.2, -0.15) is 15.0 Å². The van der Waals surface area contributed by atoms with Crippen LogP contribution in [0.4, 0.5) is 11.9 Å². The number of aromatic nitrogens is 4. The first-order valence-corrected chi connectivity index (χ1v) is 5.26. The molecule has 2 aromatic heterocycles. The van der Waals surface area contributed by atoms with E-state index in [1.54, 1.807) is 0 Å². The molecule has 7 nitrogen and oxygen atoms in total. The number of anilines is 2. The van der Waals surface area contributed by atoms with Gasteiger partial charge in [0.25, 0.3) is 0 Å². The average molecular weight is 255 g/mol. The van der Waals surface area contributed by atoms with Crippen molar-refractivity contribution in [3.8, 4) is 0 Å². The number of hydrogen-bond donors (Lipinski definition) is 2. The quantitative estimate of drug-likeness (QED) is 0.851. The first-order chi connectivity index (χ1) is 8.06. The Morgan fingerprint density at radius 3 is 2.65 bits per heavy atom. The summed E-state index contributed by atoms with van der Waals surface area (Å²) in [7, 11) is 0. The number of hydrogen-bond acceptors (Lipinski definition) is 7. The van der Waals surface area contributed by atoms with Crippen molar-refractivity contribution in [1.82, 2.24) is 20.1 Å². The monoisotopic (exact) mass is 254 g/mol. The number of nitrogens with one attached hydrogen (secondary N) is 1. The molecule has 0 saturated heterocycles. The lowest BCUT2D eigenvalue weighted by Gasteiger charge is -2.04. The Bertz CT molecular complexity index is 501. The van der Waals surface area contributed by atoms with E-state index in [4.69, 9.17) is 21.9 Å². The fourth-order valence-electron chi connectivity index (χ4n) is 1.37. The summed E-state index contributed by atoms with van der Waals surface area (Å²) in [5.41, 5.74) is 7.23. The van der Waals surface area contributed by atoms with Crippen LogP contribution in [-0.2, 0) is 6.54 Å². The van der Waals surface area contributed by atoms with E-state index in [0.29, 0.717) is 12.5 Å². The Morgan fingerprint density at radius 1 is 1.29 bits per heavy atom. The highest BCUT2D eigenvalue weighted by Gasteiger charge is 2.09. The van der Waals surface area contributed by atoms with Crippen LogP contribution in [0, 0.1) is 13.8 Å². The molecule has 17 heavy (non-hydrogen) atoms. The SMILES string of the molecule is Cc1noc(C)c1CNc1nc(N)nc(Cl)n1. The van der Waals surface area contributed by atoms with Crippen LogP contribution in [0.1, 0.15) is 17.0 Å². The van der Waals surface area contributed by atoms with E-state index < -0.39 is 0 Å². The van der Waals surface area contributed by atoms with E-state index in [1.165, 1.54) is 0 Å². The summed E-state index contributed by atoms with van der Waals surface area (Å²) in [6, 6.07) is 0. The fourth-order valence-corrected chi connectivity index (χ4v) is 1.53. The summed E-state index contributed by atoms with van der Waals surface area (Å²) in [6.45, 7) is 4.19. The molecule has 0 aliphatic carbocycles. The number of rotatable bonds is 3. The maximum atomic E-state index is 5.66. The van der Waals surface area contributed by atoms with Crippen LogP contribution in [0.25, 0.3) is 0 Å². The summed E-state index contributed by atoms with van der Waals surface area (Å²) in [6.07, 6.45) is 0. The zero-order valence-corrected chi connectivity index (χ0v) is 10.1. The normalized spacial score (nSPS) is 10.5. The third-order valence-corrected chi connectivity index (χ3v) is 2.40. The molecular formula is C9H11ClN6O. The maximum Gasteiger partial charge on any atom is 0.229 e. The predicted molar refractivity (Wildman–Crippen MR) is 62.6 cm³/mol. The van der Waals surface area contributed by atoms with E-state index >= 15 is 0 Å². The van der Waals surface area contributed by atoms with Crippen molar-refractivity contribution >= 4 is 23.5 Å². The number of nitrogens with two attached hydrogens (primary N) is 1. The molecule has 0 spiro atoms. The van der Waals surface area contributed by atoms with E-state index in [9.17, 15) is 0 Å². The molecule has 2 rings (SSSR count). The van der Waals surface area contributed by atoms with Gasteiger partial charge in [0, 0.05) is 12.1 Å². The summed E-state index contributed by atoms with van der Waals surface area (Å²) < 4.78 is 5.04. The van der Waals surface area contributed by atoms with Gasteiger partial charge in [0.2, 0.25) is 17.2 Å². The molecule has 0 radical (unpaired) electrons. The molecule has 2 heterocycles. The van der Waals surface area contributed by atoms with Gasteiger partial charge in [-0.05, 0) is 25.4 Å². The van der Waals surface area contributed by atoms with Crippen LogP contribution in [0.15, 0.2) is 4.52 Å². The second-order valence-electron chi connectivity index (χ2n) is 3.44. The highest BCUT2D eigenvalue weighted by atomic mass is 35.5. The third kappa shape index (κ3) is 2.62. The first-order valence-electron chi connectivity index (χ1n) is 4.89.